The molecular formula is C14H20IN3. The van der Waals surface area contributed by atoms with Crippen molar-refractivity contribution in [2.75, 3.05) is 0 Å². The topological polar surface area (TPSA) is 36.4 Å². The number of benzene rings is 1. The minimum atomic E-state index is 0. The van der Waals surface area contributed by atoms with Gasteiger partial charge in [0.25, 0.3) is 0 Å². The Morgan fingerprint density at radius 1 is 1.00 bits per heavy atom. The van der Waals surface area contributed by atoms with Crippen molar-refractivity contribution in [1.29, 1.82) is 0 Å². The molecule has 1 saturated heterocycles. The first-order chi connectivity index (χ1) is 8.42. The Hall–Kier alpha value is -0.780. The van der Waals surface area contributed by atoms with Crippen LogP contribution < -0.4 is 10.6 Å². The molecule has 1 aromatic carbocycles. The zero-order valence-electron chi connectivity index (χ0n) is 10.4. The van der Waals surface area contributed by atoms with Gasteiger partial charge in [-0.05, 0) is 18.4 Å². The summed E-state index contributed by atoms with van der Waals surface area (Å²) in [5, 5.41) is 7.00. The van der Waals surface area contributed by atoms with Crippen LogP contribution in [-0.4, -0.2) is 18.0 Å². The summed E-state index contributed by atoms with van der Waals surface area (Å²) in [6, 6.07) is 11.6. The Balaban J connectivity index is 0.00000120. The van der Waals surface area contributed by atoms with E-state index in [1.54, 1.807) is 0 Å². The SMILES string of the molecule is I.c1ccc(CN=C2N[C@H]3CCCC[C@H]3N2)cc1. The van der Waals surface area contributed by atoms with E-state index < -0.39 is 0 Å². The minimum absolute atomic E-state index is 0. The van der Waals surface area contributed by atoms with Crippen molar-refractivity contribution in [2.45, 2.75) is 44.3 Å². The summed E-state index contributed by atoms with van der Waals surface area (Å²) in [4.78, 5) is 4.61. The average Bonchev–Trinajstić information content (AvgIpc) is 2.80. The normalized spacial score (nSPS) is 27.9. The van der Waals surface area contributed by atoms with Crippen molar-refractivity contribution in [3.8, 4) is 0 Å². The molecule has 98 valence electrons. The highest BCUT2D eigenvalue weighted by Gasteiger charge is 2.31. The summed E-state index contributed by atoms with van der Waals surface area (Å²) < 4.78 is 0. The molecule has 2 fully saturated rings. The second-order valence-corrected chi connectivity index (χ2v) is 4.94. The van der Waals surface area contributed by atoms with Crippen LogP contribution in [0.5, 0.6) is 0 Å². The fourth-order valence-electron chi connectivity index (χ4n) is 2.71. The fourth-order valence-corrected chi connectivity index (χ4v) is 2.71. The summed E-state index contributed by atoms with van der Waals surface area (Å²) in [6.45, 7) is 0.760. The van der Waals surface area contributed by atoms with Gasteiger partial charge in [0.05, 0.1) is 6.54 Å². The second kappa shape index (κ2) is 6.41. The first-order valence-corrected chi connectivity index (χ1v) is 6.53. The van der Waals surface area contributed by atoms with Crippen LogP contribution in [0, 0.1) is 0 Å². The molecular weight excluding hydrogens is 337 g/mol. The first kappa shape index (κ1) is 13.6. The van der Waals surface area contributed by atoms with Gasteiger partial charge < -0.3 is 10.6 Å². The van der Waals surface area contributed by atoms with E-state index in [1.165, 1.54) is 31.2 Å². The van der Waals surface area contributed by atoms with Crippen LogP contribution in [0.4, 0.5) is 0 Å². The molecule has 0 amide bonds. The monoisotopic (exact) mass is 357 g/mol. The molecule has 0 radical (unpaired) electrons. The lowest BCUT2D eigenvalue weighted by molar-refractivity contribution is 0.374. The van der Waals surface area contributed by atoms with Gasteiger partial charge in [0.1, 0.15) is 0 Å². The van der Waals surface area contributed by atoms with Crippen molar-refractivity contribution in [2.24, 2.45) is 4.99 Å². The molecule has 0 aromatic heterocycles. The molecule has 2 N–H and O–H groups in total. The number of nitrogens with zero attached hydrogens (tertiary/aromatic N) is 1. The Morgan fingerprint density at radius 3 is 2.22 bits per heavy atom. The van der Waals surface area contributed by atoms with Crippen LogP contribution in [0.2, 0.25) is 0 Å². The Bertz CT molecular complexity index is 389. The number of guanidine groups is 1. The van der Waals surface area contributed by atoms with Crippen LogP contribution in [0.25, 0.3) is 0 Å². The van der Waals surface area contributed by atoms with Crippen LogP contribution >= 0.6 is 24.0 Å². The van der Waals surface area contributed by atoms with Gasteiger partial charge >= 0.3 is 0 Å². The van der Waals surface area contributed by atoms with Gasteiger partial charge in [-0.1, -0.05) is 43.2 Å². The average molecular weight is 357 g/mol. The molecule has 0 bridgehead atoms. The van der Waals surface area contributed by atoms with Gasteiger partial charge in [0.15, 0.2) is 5.96 Å². The van der Waals surface area contributed by atoms with Gasteiger partial charge in [-0.3, -0.25) is 0 Å². The first-order valence-electron chi connectivity index (χ1n) is 6.53. The van der Waals surface area contributed by atoms with E-state index in [-0.39, 0.29) is 24.0 Å². The maximum Gasteiger partial charge on any atom is 0.192 e. The van der Waals surface area contributed by atoms with Crippen molar-refractivity contribution in [3.63, 3.8) is 0 Å². The molecule has 1 heterocycles. The number of halogens is 1. The molecule has 2 aliphatic rings. The minimum Gasteiger partial charge on any atom is -0.352 e. The van der Waals surface area contributed by atoms with Crippen molar-refractivity contribution >= 4 is 29.9 Å². The molecule has 1 saturated carbocycles. The van der Waals surface area contributed by atoms with Crippen molar-refractivity contribution < 1.29 is 0 Å². The summed E-state index contributed by atoms with van der Waals surface area (Å²) in [7, 11) is 0. The number of aliphatic imine (C=N–C) groups is 1. The molecule has 0 unspecified atom stereocenters. The van der Waals surface area contributed by atoms with Crippen LogP contribution in [0.3, 0.4) is 0 Å². The lowest BCUT2D eigenvalue weighted by atomic mass is 9.92. The lowest BCUT2D eigenvalue weighted by Gasteiger charge is -2.23. The number of hydrogen-bond donors (Lipinski definition) is 2. The van der Waals surface area contributed by atoms with E-state index in [0.717, 1.165) is 12.5 Å². The Labute approximate surface area is 125 Å². The number of hydrogen-bond acceptors (Lipinski definition) is 1. The molecule has 4 heteroatoms. The van der Waals surface area contributed by atoms with Crippen LogP contribution in [-0.2, 0) is 6.54 Å². The van der Waals surface area contributed by atoms with Crippen LogP contribution in [0.1, 0.15) is 31.2 Å². The highest BCUT2D eigenvalue weighted by Crippen LogP contribution is 2.21. The number of nitrogens with one attached hydrogen (secondary N) is 2. The molecule has 1 aliphatic heterocycles. The van der Waals surface area contributed by atoms with Gasteiger partial charge in [0.2, 0.25) is 0 Å². The van der Waals surface area contributed by atoms with Crippen molar-refractivity contribution in [1.82, 2.24) is 10.6 Å². The van der Waals surface area contributed by atoms with E-state index in [1.807, 2.05) is 6.07 Å². The molecule has 1 aliphatic carbocycles. The van der Waals surface area contributed by atoms with Gasteiger partial charge in [-0.2, -0.15) is 0 Å². The Morgan fingerprint density at radius 2 is 1.61 bits per heavy atom. The molecule has 2 atom stereocenters. The second-order valence-electron chi connectivity index (χ2n) is 4.94. The third-order valence-electron chi connectivity index (χ3n) is 3.67. The smallest absolute Gasteiger partial charge is 0.192 e. The molecule has 3 nitrogen and oxygen atoms in total. The summed E-state index contributed by atoms with van der Waals surface area (Å²) in [6.07, 6.45) is 5.26. The predicted molar refractivity (Wildman–Crippen MR) is 85.3 cm³/mol. The summed E-state index contributed by atoms with van der Waals surface area (Å²) >= 11 is 0. The highest BCUT2D eigenvalue weighted by molar-refractivity contribution is 14.0. The molecule has 3 rings (SSSR count). The van der Waals surface area contributed by atoms with Gasteiger partial charge in [-0.15, -0.1) is 24.0 Å². The summed E-state index contributed by atoms with van der Waals surface area (Å²) in [5.74, 6) is 0.991. The summed E-state index contributed by atoms with van der Waals surface area (Å²) in [5.41, 5.74) is 1.26. The maximum absolute atomic E-state index is 4.61. The quantitative estimate of drug-likeness (QED) is 0.799. The lowest BCUT2D eigenvalue weighted by Crippen LogP contribution is -2.36. The Kier molecular flexibility index (Phi) is 4.86. The number of fused-ring (bicyclic) bond motifs is 1. The third-order valence-corrected chi connectivity index (χ3v) is 3.67. The van der Waals surface area contributed by atoms with E-state index in [2.05, 4.69) is 39.9 Å². The standard InChI is InChI=1S/C14H19N3.HI/c1-2-6-11(7-3-1)10-15-14-16-12-8-4-5-9-13(12)17-14;/h1-3,6-7,12-13H,4-5,8-10H2,(H2,15,16,17);1H/t12-,13+;. The van der Waals surface area contributed by atoms with E-state index in [0.29, 0.717) is 12.1 Å². The molecule has 1 aromatic rings. The largest absolute Gasteiger partial charge is 0.352 e. The third kappa shape index (κ3) is 3.16. The molecule has 0 spiro atoms. The predicted octanol–water partition coefficient (Wildman–Crippen LogP) is 2.66. The fraction of sp³-hybridized carbons (Fsp3) is 0.500. The van der Waals surface area contributed by atoms with E-state index in [9.17, 15) is 0 Å². The number of rotatable bonds is 2. The maximum atomic E-state index is 4.61. The van der Waals surface area contributed by atoms with Gasteiger partial charge in [0, 0.05) is 12.1 Å². The van der Waals surface area contributed by atoms with Crippen LogP contribution in [0.15, 0.2) is 35.3 Å². The highest BCUT2D eigenvalue weighted by atomic mass is 127. The van der Waals surface area contributed by atoms with E-state index >= 15 is 0 Å². The zero-order chi connectivity index (χ0) is 11.5. The van der Waals surface area contributed by atoms with E-state index in [4.69, 9.17) is 0 Å². The van der Waals surface area contributed by atoms with Gasteiger partial charge in [-0.25, -0.2) is 4.99 Å². The molecule has 18 heavy (non-hydrogen) atoms. The zero-order valence-corrected chi connectivity index (χ0v) is 12.8. The van der Waals surface area contributed by atoms with Crippen molar-refractivity contribution in [3.05, 3.63) is 35.9 Å².